The third-order valence-electron chi connectivity index (χ3n) is 7.01. The van der Waals surface area contributed by atoms with E-state index in [-0.39, 0.29) is 5.91 Å². The maximum Gasteiger partial charge on any atom is 0.251 e. The number of carbonyl (C=O) groups is 1. The van der Waals surface area contributed by atoms with Gasteiger partial charge in [-0.3, -0.25) is 9.69 Å². The number of amides is 1. The fraction of sp³-hybridized carbons (Fsp3) is 0.424. The molecular formula is C33H42N2O4. The molecule has 0 fully saturated rings. The van der Waals surface area contributed by atoms with Gasteiger partial charge in [-0.15, -0.1) is 0 Å². The largest absolute Gasteiger partial charge is 0.497 e. The summed E-state index contributed by atoms with van der Waals surface area (Å²) in [6, 6.07) is 22.4. The van der Waals surface area contributed by atoms with E-state index < -0.39 is 0 Å². The smallest absolute Gasteiger partial charge is 0.251 e. The van der Waals surface area contributed by atoms with Crippen LogP contribution in [0.4, 0.5) is 0 Å². The monoisotopic (exact) mass is 530 g/mol. The minimum absolute atomic E-state index is 0.0852. The minimum atomic E-state index is -0.0852. The molecule has 208 valence electrons. The van der Waals surface area contributed by atoms with Crippen molar-refractivity contribution in [2.24, 2.45) is 5.92 Å². The summed E-state index contributed by atoms with van der Waals surface area (Å²) < 4.78 is 17.3. The first-order valence-electron chi connectivity index (χ1n) is 14.0. The highest BCUT2D eigenvalue weighted by Gasteiger charge is 2.14. The topological polar surface area (TPSA) is 60.0 Å². The van der Waals surface area contributed by atoms with Crippen LogP contribution in [0.25, 0.3) is 0 Å². The van der Waals surface area contributed by atoms with Crippen molar-refractivity contribution in [1.29, 1.82) is 0 Å². The number of rotatable bonds is 8. The quantitative estimate of drug-likeness (QED) is 0.416. The van der Waals surface area contributed by atoms with Crippen molar-refractivity contribution in [2.75, 3.05) is 46.6 Å². The number of benzene rings is 3. The van der Waals surface area contributed by atoms with Crippen LogP contribution in [0.1, 0.15) is 52.9 Å². The zero-order chi connectivity index (χ0) is 27.5. The summed E-state index contributed by atoms with van der Waals surface area (Å²) in [7, 11) is 1.66. The Labute approximate surface area is 233 Å². The molecule has 0 aromatic heterocycles. The highest BCUT2D eigenvalue weighted by molar-refractivity contribution is 5.94. The molecular weight excluding hydrogens is 488 g/mol. The molecule has 1 heterocycles. The normalized spacial score (nSPS) is 14.7. The van der Waals surface area contributed by atoms with Crippen molar-refractivity contribution in [3.8, 4) is 11.5 Å². The molecule has 1 amide bonds. The first-order chi connectivity index (χ1) is 19.0. The molecule has 0 aliphatic carbocycles. The lowest BCUT2D eigenvalue weighted by Crippen LogP contribution is -2.29. The van der Waals surface area contributed by atoms with E-state index in [4.69, 9.17) is 14.2 Å². The van der Waals surface area contributed by atoms with Crippen LogP contribution in [0.5, 0.6) is 11.5 Å². The number of nitrogens with one attached hydrogen (secondary N) is 1. The maximum absolute atomic E-state index is 13.0. The van der Waals surface area contributed by atoms with E-state index in [0.717, 1.165) is 48.7 Å². The van der Waals surface area contributed by atoms with Gasteiger partial charge in [0.25, 0.3) is 5.91 Å². The van der Waals surface area contributed by atoms with Gasteiger partial charge in [0.2, 0.25) is 0 Å². The Morgan fingerprint density at radius 3 is 2.69 bits per heavy atom. The van der Waals surface area contributed by atoms with E-state index in [1.54, 1.807) is 7.11 Å². The lowest BCUT2D eigenvalue weighted by Gasteiger charge is -2.24. The van der Waals surface area contributed by atoms with Gasteiger partial charge in [-0.2, -0.15) is 0 Å². The Kier molecular flexibility index (Phi) is 10.8. The molecule has 0 spiro atoms. The number of nitrogens with zero attached hydrogens (tertiary/aromatic N) is 1. The standard InChI is InChI=1S/C33H42N2O4/c1-25(2)13-15-35-16-17-38-18-19-39-32-11-10-29(23-30(32)21-27-7-4-8-28(20-27)24-35)33(36)34-14-12-26-6-5-9-31(22-26)37-3/h4-11,20,22-23,25H,12-19,21,24H2,1-3H3,(H,34,36). The average Bonchev–Trinajstić information content (AvgIpc) is 2.93. The minimum Gasteiger partial charge on any atom is -0.497 e. The maximum atomic E-state index is 13.0. The molecule has 3 aromatic rings. The van der Waals surface area contributed by atoms with Crippen LogP contribution < -0.4 is 14.8 Å². The van der Waals surface area contributed by atoms with Crippen molar-refractivity contribution < 1.29 is 19.0 Å². The zero-order valence-electron chi connectivity index (χ0n) is 23.6. The van der Waals surface area contributed by atoms with Crippen molar-refractivity contribution >= 4 is 5.91 Å². The molecule has 0 atom stereocenters. The van der Waals surface area contributed by atoms with Crippen LogP contribution in [0.2, 0.25) is 0 Å². The van der Waals surface area contributed by atoms with Gasteiger partial charge < -0.3 is 19.5 Å². The predicted molar refractivity (Wildman–Crippen MR) is 156 cm³/mol. The molecule has 6 nitrogen and oxygen atoms in total. The molecule has 39 heavy (non-hydrogen) atoms. The van der Waals surface area contributed by atoms with Gasteiger partial charge in [0.05, 0.1) is 20.3 Å². The van der Waals surface area contributed by atoms with Crippen molar-refractivity contribution in [1.82, 2.24) is 10.2 Å². The predicted octanol–water partition coefficient (Wildman–Crippen LogP) is 5.52. The third kappa shape index (κ3) is 9.12. The average molecular weight is 531 g/mol. The summed E-state index contributed by atoms with van der Waals surface area (Å²) in [5.41, 5.74) is 5.27. The van der Waals surface area contributed by atoms with Crippen LogP contribution in [0.15, 0.2) is 66.7 Å². The first-order valence-corrected chi connectivity index (χ1v) is 14.0. The van der Waals surface area contributed by atoms with E-state index in [2.05, 4.69) is 48.3 Å². The number of ether oxygens (including phenoxy) is 3. The molecule has 0 unspecified atom stereocenters. The van der Waals surface area contributed by atoms with Gasteiger partial charge in [0.1, 0.15) is 18.1 Å². The van der Waals surface area contributed by atoms with Crippen molar-refractivity contribution in [3.63, 3.8) is 0 Å². The molecule has 0 saturated heterocycles. The lowest BCUT2D eigenvalue weighted by atomic mass is 9.99. The van der Waals surface area contributed by atoms with Gasteiger partial charge in [-0.05, 0) is 77.9 Å². The molecule has 1 aliphatic heterocycles. The van der Waals surface area contributed by atoms with Crippen molar-refractivity contribution in [2.45, 2.75) is 39.7 Å². The second-order valence-electron chi connectivity index (χ2n) is 10.6. The number of methoxy groups -OCH3 is 1. The van der Waals surface area contributed by atoms with Crippen LogP contribution in [-0.2, 0) is 24.1 Å². The summed E-state index contributed by atoms with van der Waals surface area (Å²) in [6.07, 6.45) is 2.60. The molecule has 1 aliphatic rings. The Morgan fingerprint density at radius 2 is 1.85 bits per heavy atom. The van der Waals surface area contributed by atoms with Crippen molar-refractivity contribution in [3.05, 3.63) is 94.5 Å². The molecule has 2 bridgehead atoms. The van der Waals surface area contributed by atoms with Crippen LogP contribution in [-0.4, -0.2) is 57.4 Å². The van der Waals surface area contributed by atoms with Gasteiger partial charge in [-0.1, -0.05) is 50.2 Å². The number of hydrogen-bond acceptors (Lipinski definition) is 5. The summed E-state index contributed by atoms with van der Waals surface area (Å²) in [5, 5.41) is 3.06. The van der Waals surface area contributed by atoms with Gasteiger partial charge in [0.15, 0.2) is 0 Å². The number of hydrogen-bond donors (Lipinski definition) is 1. The fourth-order valence-corrected chi connectivity index (χ4v) is 4.78. The number of carbonyl (C=O) groups excluding carboxylic acids is 1. The van der Waals surface area contributed by atoms with E-state index in [1.165, 1.54) is 17.5 Å². The van der Waals surface area contributed by atoms with Crippen LogP contribution >= 0.6 is 0 Å². The Balaban J connectivity index is 1.47. The summed E-state index contributed by atoms with van der Waals surface area (Å²) in [5.74, 6) is 2.21. The fourth-order valence-electron chi connectivity index (χ4n) is 4.78. The van der Waals surface area contributed by atoms with Crippen LogP contribution in [0.3, 0.4) is 0 Å². The summed E-state index contributed by atoms with van der Waals surface area (Å²) >= 11 is 0. The molecule has 0 saturated carbocycles. The molecule has 3 aromatic carbocycles. The van der Waals surface area contributed by atoms with E-state index >= 15 is 0 Å². The van der Waals surface area contributed by atoms with E-state index in [0.29, 0.717) is 44.3 Å². The lowest BCUT2D eigenvalue weighted by molar-refractivity contribution is 0.0764. The van der Waals surface area contributed by atoms with Gasteiger partial charge >= 0.3 is 0 Å². The van der Waals surface area contributed by atoms with Crippen LogP contribution in [0, 0.1) is 5.92 Å². The molecule has 4 rings (SSSR count). The molecule has 0 radical (unpaired) electrons. The summed E-state index contributed by atoms with van der Waals surface area (Å²) in [4.78, 5) is 15.5. The van der Waals surface area contributed by atoms with E-state index in [1.807, 2.05) is 42.5 Å². The Morgan fingerprint density at radius 1 is 1.00 bits per heavy atom. The van der Waals surface area contributed by atoms with Gasteiger partial charge in [-0.25, -0.2) is 0 Å². The van der Waals surface area contributed by atoms with E-state index in [9.17, 15) is 4.79 Å². The molecule has 6 heteroatoms. The van der Waals surface area contributed by atoms with Gasteiger partial charge in [0, 0.05) is 31.6 Å². The summed E-state index contributed by atoms with van der Waals surface area (Å²) in [6.45, 7) is 9.65. The molecule has 1 N–H and O–H groups in total. The SMILES string of the molecule is COc1cccc(CCNC(=O)c2ccc3c(c2)Cc2cccc(c2)CN(CCC(C)C)CCOCCO3)c1. The Hall–Kier alpha value is -3.35. The second-order valence-corrected chi connectivity index (χ2v) is 10.6. The zero-order valence-corrected chi connectivity index (χ0v) is 23.6. The highest BCUT2D eigenvalue weighted by atomic mass is 16.5. The Bertz CT molecular complexity index is 1210. The third-order valence-corrected chi connectivity index (χ3v) is 7.01. The second kappa shape index (κ2) is 14.7. The highest BCUT2D eigenvalue weighted by Crippen LogP contribution is 2.25. The number of fused-ring (bicyclic) bond motifs is 3. The first kappa shape index (κ1) is 28.7.